The third-order valence-corrected chi connectivity index (χ3v) is 5.71. The molecule has 0 bridgehead atoms. The monoisotopic (exact) mass is 409 g/mol. The summed E-state index contributed by atoms with van der Waals surface area (Å²) in [7, 11) is 0. The first-order valence-corrected chi connectivity index (χ1v) is 9.71. The van der Waals surface area contributed by atoms with E-state index in [1.54, 1.807) is 16.7 Å². The molecule has 0 aliphatic carbocycles. The second-order valence-electron chi connectivity index (χ2n) is 7.59. The Balaban J connectivity index is 1.52. The lowest BCUT2D eigenvalue weighted by atomic mass is 9.82. The van der Waals surface area contributed by atoms with Crippen LogP contribution in [0.3, 0.4) is 0 Å². The Labute approximate surface area is 168 Å². The first kappa shape index (κ1) is 21.2. The summed E-state index contributed by atoms with van der Waals surface area (Å²) in [5.74, 6) is -0.768. The molecule has 0 spiro atoms. The highest BCUT2D eigenvalue weighted by molar-refractivity contribution is 5.95. The van der Waals surface area contributed by atoms with E-state index >= 15 is 0 Å². The van der Waals surface area contributed by atoms with Crippen LogP contribution in [-0.2, 0) is 14.3 Å². The van der Waals surface area contributed by atoms with E-state index in [-0.39, 0.29) is 36.6 Å². The molecule has 29 heavy (non-hydrogen) atoms. The molecule has 2 N–H and O–H groups in total. The topological polar surface area (TPSA) is 138 Å². The number of aromatic nitrogens is 2. The van der Waals surface area contributed by atoms with E-state index in [2.05, 4.69) is 20.3 Å². The largest absolute Gasteiger partial charge is 0.396 e. The lowest BCUT2D eigenvalue weighted by Crippen LogP contribution is -2.43. The molecule has 2 fully saturated rings. The number of hydrogen-bond acceptors (Lipinski definition) is 8. The number of hydrogen-bond donors (Lipinski definition) is 2. The Morgan fingerprint density at radius 1 is 1.24 bits per heavy atom. The molecule has 2 atom stereocenters. The Morgan fingerprint density at radius 3 is 2.48 bits per heavy atom. The summed E-state index contributed by atoms with van der Waals surface area (Å²) in [6.45, 7) is 5.83. The number of ether oxygens (including phenoxy) is 1. The second kappa shape index (κ2) is 8.87. The van der Waals surface area contributed by atoms with Crippen LogP contribution in [0.25, 0.3) is 0 Å². The number of nitrogens with one attached hydrogen (secondary N) is 1. The van der Waals surface area contributed by atoms with Crippen LogP contribution in [0.1, 0.15) is 29.5 Å². The van der Waals surface area contributed by atoms with Crippen LogP contribution in [0.2, 0.25) is 0 Å². The Hall–Kier alpha value is -2.53. The Kier molecular flexibility index (Phi) is 6.48. The highest BCUT2D eigenvalue weighted by Gasteiger charge is 2.54. The number of fused-ring (bicyclic) bond motifs is 1. The van der Waals surface area contributed by atoms with Gasteiger partial charge in [-0.25, -0.2) is 4.63 Å². The summed E-state index contributed by atoms with van der Waals surface area (Å²) in [5, 5.41) is 19.6. The smallest absolute Gasteiger partial charge is 0.275 e. The van der Waals surface area contributed by atoms with E-state index in [0.717, 1.165) is 0 Å². The lowest BCUT2D eigenvalue weighted by Gasteiger charge is -2.27. The van der Waals surface area contributed by atoms with E-state index in [1.807, 2.05) is 6.92 Å². The number of aliphatic hydroxyl groups excluding tert-OH is 1. The Bertz CT molecular complexity index is 768. The summed E-state index contributed by atoms with van der Waals surface area (Å²) in [6, 6.07) is 0. The van der Waals surface area contributed by atoms with E-state index in [9.17, 15) is 19.5 Å². The fourth-order valence-electron chi connectivity index (χ4n) is 4.03. The third-order valence-electron chi connectivity index (χ3n) is 5.71. The van der Waals surface area contributed by atoms with Gasteiger partial charge in [0.05, 0.1) is 26.2 Å². The van der Waals surface area contributed by atoms with Gasteiger partial charge in [-0.3, -0.25) is 14.4 Å². The molecule has 3 heterocycles. The van der Waals surface area contributed by atoms with Gasteiger partial charge in [0.1, 0.15) is 5.69 Å². The number of aryl methyl sites for hydroxylation is 1. The molecule has 3 rings (SSSR count). The maximum atomic E-state index is 12.6. The Morgan fingerprint density at radius 2 is 1.93 bits per heavy atom. The minimum atomic E-state index is -0.528. The van der Waals surface area contributed by atoms with Gasteiger partial charge in [0.2, 0.25) is 11.8 Å². The second-order valence-corrected chi connectivity index (χ2v) is 7.59. The van der Waals surface area contributed by atoms with E-state index in [1.165, 1.54) is 0 Å². The number of rotatable bonds is 8. The van der Waals surface area contributed by atoms with Gasteiger partial charge in [-0.05, 0) is 19.0 Å². The van der Waals surface area contributed by atoms with Crippen LogP contribution in [-0.4, -0.2) is 95.5 Å². The van der Waals surface area contributed by atoms with Gasteiger partial charge in [0.15, 0.2) is 5.69 Å². The van der Waals surface area contributed by atoms with Crippen molar-refractivity contribution in [3.05, 3.63) is 11.4 Å². The van der Waals surface area contributed by atoms with Crippen LogP contribution < -0.4 is 5.32 Å². The first-order valence-electron chi connectivity index (χ1n) is 9.71. The fraction of sp³-hybridized carbons (Fsp3) is 0.722. The molecular formula is C18H27N5O6. The number of aliphatic hydroxyl groups is 1. The molecule has 1 aromatic heterocycles. The van der Waals surface area contributed by atoms with Gasteiger partial charge in [-0.2, -0.15) is 0 Å². The predicted octanol–water partition coefficient (Wildman–Crippen LogP) is -1.19. The molecule has 1 aromatic rings. The highest BCUT2D eigenvalue weighted by Crippen LogP contribution is 2.42. The van der Waals surface area contributed by atoms with Gasteiger partial charge in [0.25, 0.3) is 5.91 Å². The molecule has 2 aliphatic heterocycles. The zero-order valence-corrected chi connectivity index (χ0v) is 16.7. The van der Waals surface area contributed by atoms with Gasteiger partial charge < -0.3 is 25.0 Å². The molecule has 0 radical (unpaired) electrons. The molecule has 0 aromatic carbocycles. The number of likely N-dealkylation sites (tertiary alicyclic amines) is 2. The zero-order valence-electron chi connectivity index (χ0n) is 16.7. The summed E-state index contributed by atoms with van der Waals surface area (Å²) >= 11 is 0. The molecular weight excluding hydrogens is 382 g/mol. The van der Waals surface area contributed by atoms with Crippen LogP contribution in [0.4, 0.5) is 0 Å². The molecule has 11 heteroatoms. The van der Waals surface area contributed by atoms with Gasteiger partial charge in [-0.1, -0.05) is 5.16 Å². The average molecular weight is 409 g/mol. The number of carbonyl (C=O) groups excluding carboxylic acids is 3. The molecule has 3 amide bonds. The highest BCUT2D eigenvalue weighted by atomic mass is 16.6. The average Bonchev–Trinajstić information content (AvgIpc) is 3.38. The van der Waals surface area contributed by atoms with E-state index in [0.29, 0.717) is 51.5 Å². The molecule has 2 aliphatic rings. The van der Waals surface area contributed by atoms with Crippen LogP contribution in [0.5, 0.6) is 0 Å². The minimum absolute atomic E-state index is 0.00223. The summed E-state index contributed by atoms with van der Waals surface area (Å²) < 4.78 is 9.73. The van der Waals surface area contributed by atoms with Gasteiger partial charge in [0, 0.05) is 44.1 Å². The summed E-state index contributed by atoms with van der Waals surface area (Å²) in [6.07, 6.45) is 0.313. The third kappa shape index (κ3) is 4.40. The summed E-state index contributed by atoms with van der Waals surface area (Å²) in [5.41, 5.74) is -0.129. The molecule has 2 saturated heterocycles. The van der Waals surface area contributed by atoms with Crippen molar-refractivity contribution in [1.82, 2.24) is 25.4 Å². The van der Waals surface area contributed by atoms with Crippen molar-refractivity contribution in [1.29, 1.82) is 0 Å². The van der Waals surface area contributed by atoms with Gasteiger partial charge in [-0.15, -0.1) is 0 Å². The van der Waals surface area contributed by atoms with Crippen molar-refractivity contribution < 1.29 is 28.9 Å². The normalized spacial score (nSPS) is 23.3. The van der Waals surface area contributed by atoms with Crippen LogP contribution >= 0.6 is 0 Å². The van der Waals surface area contributed by atoms with E-state index < -0.39 is 11.3 Å². The quantitative estimate of drug-likeness (QED) is 0.512. The molecule has 11 nitrogen and oxygen atoms in total. The number of amides is 3. The minimum Gasteiger partial charge on any atom is -0.396 e. The fourth-order valence-corrected chi connectivity index (χ4v) is 4.03. The molecule has 160 valence electrons. The maximum Gasteiger partial charge on any atom is 0.275 e. The number of nitrogens with zero attached hydrogens (tertiary/aromatic N) is 4. The van der Waals surface area contributed by atoms with Crippen molar-refractivity contribution in [3.63, 3.8) is 0 Å². The molecule has 2 unspecified atom stereocenters. The SMILES string of the molecule is CCOCCC(=O)N1CC2CN(C(=O)CNC(=O)c3nonc3C)CC2(CO)C1. The first-order chi connectivity index (χ1) is 13.9. The van der Waals surface area contributed by atoms with Crippen molar-refractivity contribution >= 4 is 17.7 Å². The summed E-state index contributed by atoms with van der Waals surface area (Å²) in [4.78, 5) is 40.4. The van der Waals surface area contributed by atoms with Gasteiger partial charge >= 0.3 is 0 Å². The van der Waals surface area contributed by atoms with E-state index in [4.69, 9.17) is 4.74 Å². The van der Waals surface area contributed by atoms with Crippen LogP contribution in [0.15, 0.2) is 4.63 Å². The van der Waals surface area contributed by atoms with Crippen molar-refractivity contribution in [2.75, 3.05) is 52.5 Å². The lowest BCUT2D eigenvalue weighted by molar-refractivity contribution is -0.132. The molecule has 0 saturated carbocycles. The standard InChI is InChI=1S/C18H27N5O6/c1-3-28-5-4-14(25)22-7-13-8-23(10-18(13,9-22)11-24)15(26)6-19-17(27)16-12(2)20-29-21-16/h13,24H,3-11H2,1-2H3,(H,19,27). The van der Waals surface area contributed by atoms with Crippen molar-refractivity contribution in [2.24, 2.45) is 11.3 Å². The zero-order chi connectivity index (χ0) is 21.0. The van der Waals surface area contributed by atoms with Crippen molar-refractivity contribution in [2.45, 2.75) is 20.3 Å². The van der Waals surface area contributed by atoms with Crippen LogP contribution in [0, 0.1) is 18.3 Å². The van der Waals surface area contributed by atoms with Crippen molar-refractivity contribution in [3.8, 4) is 0 Å². The maximum absolute atomic E-state index is 12.6. The predicted molar refractivity (Wildman–Crippen MR) is 98.6 cm³/mol. The number of carbonyl (C=O) groups is 3.